The van der Waals surface area contributed by atoms with E-state index in [-0.39, 0.29) is 5.91 Å². The quantitative estimate of drug-likeness (QED) is 0.820. The molecule has 2 rings (SSSR count). The summed E-state index contributed by atoms with van der Waals surface area (Å²) in [7, 11) is 0. The Labute approximate surface area is 107 Å². The maximum atomic E-state index is 10.8. The number of nitrogens with zero attached hydrogens (tertiary/aromatic N) is 2. The molecule has 0 bridgehead atoms. The summed E-state index contributed by atoms with van der Waals surface area (Å²) >= 11 is 0. The number of hydrogen-bond donors (Lipinski definition) is 2. The van der Waals surface area contributed by atoms with Crippen LogP contribution in [0, 0.1) is 6.92 Å². The van der Waals surface area contributed by atoms with Crippen LogP contribution >= 0.6 is 0 Å². The highest BCUT2D eigenvalue weighted by Crippen LogP contribution is 2.22. The van der Waals surface area contributed by atoms with Crippen LogP contribution in [0.1, 0.15) is 42.4 Å². The van der Waals surface area contributed by atoms with E-state index in [4.69, 9.17) is 5.73 Å². The molecule has 1 saturated heterocycles. The van der Waals surface area contributed by atoms with Crippen molar-refractivity contribution in [2.45, 2.75) is 38.5 Å². The van der Waals surface area contributed by atoms with Gasteiger partial charge in [-0.15, -0.1) is 0 Å². The average molecular weight is 248 g/mol. The highest BCUT2D eigenvalue weighted by atomic mass is 16.1. The van der Waals surface area contributed by atoms with E-state index in [1.165, 1.54) is 12.8 Å². The molecule has 5 heteroatoms. The second-order valence-corrected chi connectivity index (χ2v) is 4.84. The van der Waals surface area contributed by atoms with Crippen molar-refractivity contribution in [1.29, 1.82) is 0 Å². The molecule has 3 N–H and O–H groups in total. The maximum absolute atomic E-state index is 10.8. The lowest BCUT2D eigenvalue weighted by molar-refractivity contribution is -0.118. The first-order valence-corrected chi connectivity index (χ1v) is 6.48. The van der Waals surface area contributed by atoms with Gasteiger partial charge in [0.1, 0.15) is 5.82 Å². The molecule has 1 aromatic rings. The third-order valence-electron chi connectivity index (χ3n) is 3.25. The highest BCUT2D eigenvalue weighted by Gasteiger charge is 2.17. The van der Waals surface area contributed by atoms with Crippen LogP contribution < -0.4 is 11.1 Å². The number of carbonyl (C=O) groups is 1. The Kier molecular flexibility index (Phi) is 4.25. The largest absolute Gasteiger partial charge is 0.370 e. The third-order valence-corrected chi connectivity index (χ3v) is 3.25. The van der Waals surface area contributed by atoms with Crippen LogP contribution in [-0.4, -0.2) is 29.0 Å². The Hall–Kier alpha value is -1.49. The van der Waals surface area contributed by atoms with Crippen LogP contribution in [0.25, 0.3) is 0 Å². The summed E-state index contributed by atoms with van der Waals surface area (Å²) < 4.78 is 0. The lowest BCUT2D eigenvalue weighted by Gasteiger charge is -2.22. The molecule has 1 aromatic heterocycles. The van der Waals surface area contributed by atoms with Crippen molar-refractivity contribution in [3.63, 3.8) is 0 Å². The van der Waals surface area contributed by atoms with Gasteiger partial charge in [-0.1, -0.05) is 0 Å². The monoisotopic (exact) mass is 248 g/mol. The number of hydrogen-bond acceptors (Lipinski definition) is 4. The van der Waals surface area contributed by atoms with Gasteiger partial charge < -0.3 is 11.1 Å². The highest BCUT2D eigenvalue weighted by molar-refractivity contribution is 5.73. The molecular formula is C13H20N4O. The van der Waals surface area contributed by atoms with Gasteiger partial charge in [-0.2, -0.15) is 0 Å². The minimum absolute atomic E-state index is 0.285. The summed E-state index contributed by atoms with van der Waals surface area (Å²) in [4.78, 5) is 19.7. The van der Waals surface area contributed by atoms with Crippen LogP contribution in [0.3, 0.4) is 0 Å². The standard InChI is InChI=1S/C13H20N4O/c1-9-16-11(4-5-13(14)18)7-12(17-9)10-3-2-6-15-8-10/h7,10,15H,2-6,8H2,1H3,(H2,14,18)/t10-/m0/s1. The number of rotatable bonds is 4. The first kappa shape index (κ1) is 13.0. The minimum atomic E-state index is -0.285. The number of amides is 1. The van der Waals surface area contributed by atoms with Gasteiger partial charge in [0.25, 0.3) is 0 Å². The van der Waals surface area contributed by atoms with Crippen molar-refractivity contribution in [2.24, 2.45) is 5.73 Å². The fraction of sp³-hybridized carbons (Fsp3) is 0.615. The molecule has 1 fully saturated rings. The number of aryl methyl sites for hydroxylation is 2. The molecule has 1 aliphatic heterocycles. The zero-order valence-corrected chi connectivity index (χ0v) is 10.8. The smallest absolute Gasteiger partial charge is 0.217 e. The summed E-state index contributed by atoms with van der Waals surface area (Å²) in [6.45, 7) is 3.97. The lowest BCUT2D eigenvalue weighted by atomic mass is 9.95. The molecule has 0 aliphatic carbocycles. The van der Waals surface area contributed by atoms with E-state index in [0.717, 1.165) is 30.3 Å². The van der Waals surface area contributed by atoms with Crippen molar-refractivity contribution >= 4 is 5.91 Å². The summed E-state index contributed by atoms with van der Waals surface area (Å²) in [5, 5.41) is 3.39. The van der Waals surface area contributed by atoms with E-state index in [2.05, 4.69) is 15.3 Å². The predicted molar refractivity (Wildman–Crippen MR) is 69.1 cm³/mol. The zero-order chi connectivity index (χ0) is 13.0. The Balaban J connectivity index is 2.12. The van der Waals surface area contributed by atoms with E-state index in [1.807, 2.05) is 13.0 Å². The second kappa shape index (κ2) is 5.91. The molecule has 0 unspecified atom stereocenters. The van der Waals surface area contributed by atoms with Gasteiger partial charge >= 0.3 is 0 Å². The molecule has 1 amide bonds. The number of primary amides is 1. The molecule has 1 aliphatic rings. The van der Waals surface area contributed by atoms with Crippen LogP contribution in [0.15, 0.2) is 6.07 Å². The van der Waals surface area contributed by atoms with Gasteiger partial charge in [-0.05, 0) is 38.8 Å². The van der Waals surface area contributed by atoms with E-state index >= 15 is 0 Å². The summed E-state index contributed by atoms with van der Waals surface area (Å²) in [6.07, 6.45) is 3.30. The van der Waals surface area contributed by atoms with Crippen LogP contribution in [0.2, 0.25) is 0 Å². The van der Waals surface area contributed by atoms with Crippen LogP contribution in [0.5, 0.6) is 0 Å². The Morgan fingerprint density at radius 3 is 3.06 bits per heavy atom. The van der Waals surface area contributed by atoms with Gasteiger partial charge in [0.15, 0.2) is 0 Å². The molecule has 5 nitrogen and oxygen atoms in total. The summed E-state index contributed by atoms with van der Waals surface area (Å²) in [5.74, 6) is 0.956. The van der Waals surface area contributed by atoms with E-state index in [1.54, 1.807) is 0 Å². The first-order chi connectivity index (χ1) is 8.65. The second-order valence-electron chi connectivity index (χ2n) is 4.84. The van der Waals surface area contributed by atoms with Crippen molar-refractivity contribution in [1.82, 2.24) is 15.3 Å². The summed E-state index contributed by atoms with van der Waals surface area (Å²) in [5.41, 5.74) is 7.18. The predicted octanol–water partition coefficient (Wildman–Crippen LogP) is 0.670. The van der Waals surface area contributed by atoms with Crippen LogP contribution in [-0.2, 0) is 11.2 Å². The fourth-order valence-corrected chi connectivity index (χ4v) is 2.35. The molecule has 0 saturated carbocycles. The van der Waals surface area contributed by atoms with Crippen LogP contribution in [0.4, 0.5) is 0 Å². The molecule has 0 spiro atoms. The first-order valence-electron chi connectivity index (χ1n) is 6.48. The van der Waals surface area contributed by atoms with E-state index < -0.39 is 0 Å². The SMILES string of the molecule is Cc1nc(CCC(N)=O)cc([C@H]2CCCNC2)n1. The van der Waals surface area contributed by atoms with Gasteiger partial charge in [0.05, 0.1) is 0 Å². The molecule has 2 heterocycles. The van der Waals surface area contributed by atoms with Crippen molar-refractivity contribution in [3.8, 4) is 0 Å². The van der Waals surface area contributed by atoms with Crippen molar-refractivity contribution in [3.05, 3.63) is 23.3 Å². The van der Waals surface area contributed by atoms with Gasteiger partial charge in [-0.25, -0.2) is 9.97 Å². The molecule has 18 heavy (non-hydrogen) atoms. The molecule has 98 valence electrons. The van der Waals surface area contributed by atoms with Crippen molar-refractivity contribution < 1.29 is 4.79 Å². The number of piperidine rings is 1. The molecule has 0 radical (unpaired) electrons. The number of aromatic nitrogens is 2. The third kappa shape index (κ3) is 3.50. The fourth-order valence-electron chi connectivity index (χ4n) is 2.35. The molecule has 1 atom stereocenters. The van der Waals surface area contributed by atoms with E-state index in [9.17, 15) is 4.79 Å². The molecular weight excluding hydrogens is 228 g/mol. The van der Waals surface area contributed by atoms with Gasteiger partial charge in [0, 0.05) is 30.3 Å². The minimum Gasteiger partial charge on any atom is -0.370 e. The van der Waals surface area contributed by atoms with Crippen molar-refractivity contribution in [2.75, 3.05) is 13.1 Å². The lowest BCUT2D eigenvalue weighted by Crippen LogP contribution is -2.29. The summed E-state index contributed by atoms with van der Waals surface area (Å²) in [6, 6.07) is 2.02. The van der Waals surface area contributed by atoms with Gasteiger partial charge in [-0.3, -0.25) is 4.79 Å². The normalized spacial score (nSPS) is 19.7. The number of carbonyl (C=O) groups excluding carboxylic acids is 1. The maximum Gasteiger partial charge on any atom is 0.217 e. The molecule has 0 aromatic carbocycles. The van der Waals surface area contributed by atoms with E-state index in [0.29, 0.717) is 18.8 Å². The number of nitrogens with two attached hydrogens (primary N) is 1. The topological polar surface area (TPSA) is 80.9 Å². The Morgan fingerprint density at radius 1 is 1.56 bits per heavy atom. The van der Waals surface area contributed by atoms with Gasteiger partial charge in [0.2, 0.25) is 5.91 Å². The average Bonchev–Trinajstić information content (AvgIpc) is 2.37. The Morgan fingerprint density at radius 2 is 2.39 bits per heavy atom. The zero-order valence-electron chi connectivity index (χ0n) is 10.8. The Bertz CT molecular complexity index is 427. The number of nitrogens with one attached hydrogen (secondary N) is 1.